The monoisotopic (exact) mass is 228 g/mol. The van der Waals surface area contributed by atoms with Gasteiger partial charge in [0.15, 0.2) is 0 Å². The van der Waals surface area contributed by atoms with Crippen molar-refractivity contribution in [3.63, 3.8) is 0 Å². The Morgan fingerprint density at radius 3 is 2.80 bits per heavy atom. The third-order valence-corrected chi connectivity index (χ3v) is 2.64. The summed E-state index contributed by atoms with van der Waals surface area (Å²) in [5, 5.41) is 9.55. The van der Waals surface area contributed by atoms with Crippen LogP contribution in [0, 0.1) is 0 Å². The molecule has 1 aromatic heterocycles. The summed E-state index contributed by atoms with van der Waals surface area (Å²) >= 11 is 5.86. The molecule has 0 aliphatic carbocycles. The van der Waals surface area contributed by atoms with Gasteiger partial charge in [-0.2, -0.15) is 0 Å². The van der Waals surface area contributed by atoms with Gasteiger partial charge in [0, 0.05) is 13.6 Å². The van der Waals surface area contributed by atoms with Crippen LogP contribution >= 0.6 is 11.6 Å². The van der Waals surface area contributed by atoms with Crippen LogP contribution in [-0.4, -0.2) is 23.7 Å². The summed E-state index contributed by atoms with van der Waals surface area (Å²) in [6.07, 6.45) is 2.29. The van der Waals surface area contributed by atoms with E-state index in [1.165, 1.54) is 0 Å². The Kier molecular flexibility index (Phi) is 4.85. The van der Waals surface area contributed by atoms with Crippen molar-refractivity contribution in [2.45, 2.75) is 26.4 Å². The Balaban J connectivity index is 2.76. The molecule has 0 bridgehead atoms. The van der Waals surface area contributed by atoms with Crippen LogP contribution in [0.15, 0.2) is 12.1 Å². The van der Waals surface area contributed by atoms with E-state index < -0.39 is 0 Å². The van der Waals surface area contributed by atoms with Crippen LogP contribution in [0.3, 0.4) is 0 Å². The maximum Gasteiger partial charge on any atom is 0.128 e. The highest BCUT2D eigenvalue weighted by Gasteiger charge is 2.06. The molecule has 0 aromatic carbocycles. The van der Waals surface area contributed by atoms with Gasteiger partial charge in [0.2, 0.25) is 0 Å². The van der Waals surface area contributed by atoms with E-state index in [4.69, 9.17) is 16.7 Å². The lowest BCUT2D eigenvalue weighted by Gasteiger charge is -2.18. The molecular weight excluding hydrogens is 212 g/mol. The lowest BCUT2D eigenvalue weighted by Crippen LogP contribution is -2.19. The van der Waals surface area contributed by atoms with Crippen molar-refractivity contribution in [1.29, 1.82) is 0 Å². The van der Waals surface area contributed by atoms with E-state index in [1.54, 1.807) is 6.07 Å². The number of hydrogen-bond donors (Lipinski definition) is 1. The maximum atomic E-state index is 9.04. The van der Waals surface area contributed by atoms with Crippen LogP contribution in [0.4, 0.5) is 5.82 Å². The number of rotatable bonds is 5. The van der Waals surface area contributed by atoms with Gasteiger partial charge in [0.05, 0.1) is 17.3 Å². The number of unbranched alkanes of at least 4 members (excludes halogenated alkanes) is 1. The normalized spacial score (nSPS) is 10.4. The fourth-order valence-electron chi connectivity index (χ4n) is 1.31. The summed E-state index contributed by atoms with van der Waals surface area (Å²) in [6, 6.07) is 3.65. The molecule has 0 aliphatic rings. The van der Waals surface area contributed by atoms with Gasteiger partial charge in [0.1, 0.15) is 5.82 Å². The number of pyridine rings is 1. The van der Waals surface area contributed by atoms with Gasteiger partial charge in [-0.15, -0.1) is 0 Å². The minimum Gasteiger partial charge on any atom is -0.390 e. The summed E-state index contributed by atoms with van der Waals surface area (Å²) in [6.45, 7) is 3.01. The number of hydrogen-bond acceptors (Lipinski definition) is 3. The molecule has 0 spiro atoms. The molecule has 1 aromatic rings. The van der Waals surface area contributed by atoms with Crippen LogP contribution in [0.5, 0.6) is 0 Å². The van der Waals surface area contributed by atoms with Gasteiger partial charge in [-0.25, -0.2) is 4.98 Å². The molecule has 0 fully saturated rings. The zero-order chi connectivity index (χ0) is 11.3. The highest BCUT2D eigenvalue weighted by molar-refractivity contribution is 6.31. The topological polar surface area (TPSA) is 36.4 Å². The predicted molar refractivity (Wildman–Crippen MR) is 63.3 cm³/mol. The Morgan fingerprint density at radius 2 is 2.20 bits per heavy atom. The van der Waals surface area contributed by atoms with Gasteiger partial charge in [-0.05, 0) is 18.6 Å². The SMILES string of the molecule is CCCCN(C)c1ccc(Cl)c(CO)n1. The lowest BCUT2D eigenvalue weighted by molar-refractivity contribution is 0.277. The van der Waals surface area contributed by atoms with E-state index in [9.17, 15) is 0 Å². The van der Waals surface area contributed by atoms with Crippen LogP contribution in [0.1, 0.15) is 25.5 Å². The van der Waals surface area contributed by atoms with Crippen LogP contribution in [0.25, 0.3) is 0 Å². The smallest absolute Gasteiger partial charge is 0.128 e. The minimum atomic E-state index is -0.117. The van der Waals surface area contributed by atoms with E-state index in [0.29, 0.717) is 10.7 Å². The molecule has 84 valence electrons. The number of aliphatic hydroxyl groups is 1. The second-order valence-electron chi connectivity index (χ2n) is 3.53. The molecule has 4 heteroatoms. The number of nitrogens with zero attached hydrogens (tertiary/aromatic N) is 2. The summed E-state index contributed by atoms with van der Waals surface area (Å²) < 4.78 is 0. The first kappa shape index (κ1) is 12.3. The molecule has 1 N–H and O–H groups in total. The Bertz CT molecular complexity index is 317. The zero-order valence-corrected chi connectivity index (χ0v) is 9.96. The number of halogens is 1. The van der Waals surface area contributed by atoms with E-state index in [-0.39, 0.29) is 6.61 Å². The highest BCUT2D eigenvalue weighted by atomic mass is 35.5. The van der Waals surface area contributed by atoms with E-state index in [2.05, 4.69) is 16.8 Å². The number of aromatic nitrogens is 1. The maximum absolute atomic E-state index is 9.04. The molecule has 1 rings (SSSR count). The molecule has 0 saturated heterocycles. The average Bonchev–Trinajstić information content (AvgIpc) is 2.26. The van der Waals surface area contributed by atoms with Crippen molar-refractivity contribution in [2.24, 2.45) is 0 Å². The molecule has 0 aliphatic heterocycles. The fourth-order valence-corrected chi connectivity index (χ4v) is 1.47. The fraction of sp³-hybridized carbons (Fsp3) is 0.545. The summed E-state index contributed by atoms with van der Waals surface area (Å²) in [5.74, 6) is 0.858. The standard InChI is InChI=1S/C11H17ClN2O/c1-3-4-7-14(2)11-6-5-9(12)10(8-15)13-11/h5-6,15H,3-4,7-8H2,1-2H3. The van der Waals surface area contributed by atoms with E-state index >= 15 is 0 Å². The van der Waals surface area contributed by atoms with Crippen LogP contribution in [0.2, 0.25) is 5.02 Å². The van der Waals surface area contributed by atoms with Crippen molar-refractivity contribution < 1.29 is 5.11 Å². The van der Waals surface area contributed by atoms with E-state index in [1.807, 2.05) is 13.1 Å². The molecule has 0 amide bonds. The first-order chi connectivity index (χ1) is 7.19. The van der Waals surface area contributed by atoms with Crippen molar-refractivity contribution in [2.75, 3.05) is 18.5 Å². The van der Waals surface area contributed by atoms with Crippen molar-refractivity contribution in [3.8, 4) is 0 Å². The van der Waals surface area contributed by atoms with Gasteiger partial charge in [0.25, 0.3) is 0 Å². The van der Waals surface area contributed by atoms with Gasteiger partial charge in [-0.1, -0.05) is 24.9 Å². The van der Waals surface area contributed by atoms with Crippen LogP contribution < -0.4 is 4.90 Å². The summed E-state index contributed by atoms with van der Waals surface area (Å²) in [4.78, 5) is 6.36. The zero-order valence-electron chi connectivity index (χ0n) is 9.20. The molecular formula is C11H17ClN2O. The van der Waals surface area contributed by atoms with E-state index in [0.717, 1.165) is 25.2 Å². The number of aliphatic hydroxyl groups excluding tert-OH is 1. The lowest BCUT2D eigenvalue weighted by atomic mass is 10.3. The average molecular weight is 229 g/mol. The third kappa shape index (κ3) is 3.36. The molecule has 1 heterocycles. The first-order valence-electron chi connectivity index (χ1n) is 5.16. The summed E-state index contributed by atoms with van der Waals surface area (Å²) in [7, 11) is 1.99. The molecule has 0 radical (unpaired) electrons. The molecule has 0 unspecified atom stereocenters. The van der Waals surface area contributed by atoms with Gasteiger partial charge < -0.3 is 10.0 Å². The second kappa shape index (κ2) is 5.93. The van der Waals surface area contributed by atoms with Gasteiger partial charge >= 0.3 is 0 Å². The second-order valence-corrected chi connectivity index (χ2v) is 3.94. The van der Waals surface area contributed by atoms with Crippen molar-refractivity contribution in [1.82, 2.24) is 4.98 Å². The Labute approximate surface area is 95.7 Å². The minimum absolute atomic E-state index is 0.117. The van der Waals surface area contributed by atoms with Gasteiger partial charge in [-0.3, -0.25) is 0 Å². The third-order valence-electron chi connectivity index (χ3n) is 2.29. The first-order valence-corrected chi connectivity index (χ1v) is 5.54. The largest absolute Gasteiger partial charge is 0.390 e. The Morgan fingerprint density at radius 1 is 1.47 bits per heavy atom. The quantitative estimate of drug-likeness (QED) is 0.841. The molecule has 0 saturated carbocycles. The highest BCUT2D eigenvalue weighted by Crippen LogP contribution is 2.18. The molecule has 0 atom stereocenters. The predicted octanol–water partition coefficient (Wildman–Crippen LogP) is 2.46. The molecule has 15 heavy (non-hydrogen) atoms. The molecule has 3 nitrogen and oxygen atoms in total. The van der Waals surface area contributed by atoms with Crippen LogP contribution in [-0.2, 0) is 6.61 Å². The summed E-state index contributed by atoms with van der Waals surface area (Å²) in [5.41, 5.74) is 0.539. The van der Waals surface area contributed by atoms with Crippen molar-refractivity contribution >= 4 is 17.4 Å². The van der Waals surface area contributed by atoms with Crippen molar-refractivity contribution in [3.05, 3.63) is 22.8 Å². The Hall–Kier alpha value is -0.800. The number of anilines is 1.